The number of H-pyrrole nitrogens is 1. The van der Waals surface area contributed by atoms with Gasteiger partial charge in [-0.3, -0.25) is 9.89 Å². The molecule has 0 spiro atoms. The highest BCUT2D eigenvalue weighted by Crippen LogP contribution is 1.98. The number of aromatic nitrogens is 3. The van der Waals surface area contributed by atoms with Crippen LogP contribution >= 0.6 is 0 Å². The van der Waals surface area contributed by atoms with Gasteiger partial charge in [0.05, 0.1) is 6.61 Å². The fourth-order valence-electron chi connectivity index (χ4n) is 1.48. The van der Waals surface area contributed by atoms with Crippen molar-refractivity contribution in [3.05, 3.63) is 11.6 Å². The van der Waals surface area contributed by atoms with Crippen LogP contribution in [0.1, 0.15) is 50.1 Å². The number of hydrogen-bond acceptors (Lipinski definition) is 4. The Bertz CT molecular complexity index is 376. The van der Waals surface area contributed by atoms with Crippen molar-refractivity contribution in [2.24, 2.45) is 5.92 Å². The molecule has 0 aliphatic heterocycles. The highest BCUT2D eigenvalue weighted by atomic mass is 16.5. The first-order chi connectivity index (χ1) is 9.13. The number of amides is 1. The number of carbonyl (C=O) groups excluding carboxylic acids is 1. The molecule has 0 fully saturated rings. The summed E-state index contributed by atoms with van der Waals surface area (Å²) in [6, 6.07) is 0. The molecule has 0 aliphatic carbocycles. The van der Waals surface area contributed by atoms with Gasteiger partial charge in [0.2, 0.25) is 5.82 Å². The third kappa shape index (κ3) is 6.33. The minimum atomic E-state index is -0.258. The van der Waals surface area contributed by atoms with Gasteiger partial charge in [-0.25, -0.2) is 4.98 Å². The second-order valence-electron chi connectivity index (χ2n) is 4.91. The average Bonchev–Trinajstić information content (AvgIpc) is 2.82. The summed E-state index contributed by atoms with van der Waals surface area (Å²) in [5.74, 6) is 1.33. The van der Waals surface area contributed by atoms with Gasteiger partial charge in [-0.05, 0) is 18.8 Å². The Labute approximate surface area is 114 Å². The molecule has 19 heavy (non-hydrogen) atoms. The number of carbonyl (C=O) groups is 1. The van der Waals surface area contributed by atoms with E-state index in [-0.39, 0.29) is 11.7 Å². The van der Waals surface area contributed by atoms with E-state index in [1.165, 1.54) is 0 Å². The van der Waals surface area contributed by atoms with E-state index in [0.29, 0.717) is 19.1 Å². The van der Waals surface area contributed by atoms with Crippen LogP contribution in [0.4, 0.5) is 0 Å². The van der Waals surface area contributed by atoms with Gasteiger partial charge in [-0.15, -0.1) is 5.10 Å². The van der Waals surface area contributed by atoms with E-state index in [0.717, 1.165) is 31.7 Å². The number of aromatic amines is 1. The third-order valence-electron chi connectivity index (χ3n) is 2.59. The smallest absolute Gasteiger partial charge is 0.291 e. The van der Waals surface area contributed by atoms with Crippen LogP contribution < -0.4 is 5.32 Å². The number of ether oxygens (including phenoxy) is 1. The van der Waals surface area contributed by atoms with Crippen LogP contribution in [-0.4, -0.2) is 40.8 Å². The summed E-state index contributed by atoms with van der Waals surface area (Å²) in [5.41, 5.74) is 0. The lowest BCUT2D eigenvalue weighted by Crippen LogP contribution is -2.28. The predicted octanol–water partition coefficient (Wildman–Crippen LogP) is 1.55. The van der Waals surface area contributed by atoms with Crippen molar-refractivity contribution >= 4 is 5.91 Å². The monoisotopic (exact) mass is 268 g/mol. The molecule has 0 aromatic carbocycles. The quantitative estimate of drug-likeness (QED) is 0.666. The lowest BCUT2D eigenvalue weighted by molar-refractivity contribution is 0.0896. The highest BCUT2D eigenvalue weighted by molar-refractivity contribution is 5.90. The summed E-state index contributed by atoms with van der Waals surface area (Å²) in [4.78, 5) is 15.8. The Morgan fingerprint density at radius 2 is 2.21 bits per heavy atom. The lowest BCUT2D eigenvalue weighted by Gasteiger charge is -2.06. The zero-order chi connectivity index (χ0) is 14.1. The van der Waals surface area contributed by atoms with E-state index in [1.807, 2.05) is 0 Å². The van der Waals surface area contributed by atoms with E-state index in [2.05, 4.69) is 41.3 Å². The molecule has 1 amide bonds. The Morgan fingerprint density at radius 3 is 2.89 bits per heavy atom. The van der Waals surface area contributed by atoms with Gasteiger partial charge in [0.25, 0.3) is 5.91 Å². The molecule has 0 bridgehead atoms. The molecule has 6 nitrogen and oxygen atoms in total. The molecule has 1 rings (SSSR count). The minimum Gasteiger partial charge on any atom is -0.380 e. The Hall–Kier alpha value is -1.43. The number of nitrogens with zero attached hydrogens (tertiary/aromatic N) is 2. The maximum Gasteiger partial charge on any atom is 0.291 e. The van der Waals surface area contributed by atoms with Crippen molar-refractivity contribution < 1.29 is 9.53 Å². The van der Waals surface area contributed by atoms with Gasteiger partial charge in [-0.1, -0.05) is 20.8 Å². The molecule has 0 saturated heterocycles. The van der Waals surface area contributed by atoms with E-state index in [9.17, 15) is 4.79 Å². The maximum atomic E-state index is 11.7. The topological polar surface area (TPSA) is 79.9 Å². The largest absolute Gasteiger partial charge is 0.380 e. The summed E-state index contributed by atoms with van der Waals surface area (Å²) >= 11 is 0. The van der Waals surface area contributed by atoms with Gasteiger partial charge in [-0.2, -0.15) is 0 Å². The first-order valence-electron chi connectivity index (χ1n) is 6.90. The van der Waals surface area contributed by atoms with Crippen molar-refractivity contribution in [2.45, 2.75) is 40.0 Å². The van der Waals surface area contributed by atoms with E-state index in [1.54, 1.807) is 0 Å². The van der Waals surface area contributed by atoms with Crippen LogP contribution in [0, 0.1) is 5.92 Å². The summed E-state index contributed by atoms with van der Waals surface area (Å²) in [5, 5.41) is 9.38. The molecule has 0 atom stereocenters. The summed E-state index contributed by atoms with van der Waals surface area (Å²) < 4.78 is 5.41. The molecule has 108 valence electrons. The van der Waals surface area contributed by atoms with Crippen molar-refractivity contribution in [2.75, 3.05) is 19.8 Å². The van der Waals surface area contributed by atoms with Gasteiger partial charge in [0, 0.05) is 19.6 Å². The van der Waals surface area contributed by atoms with Crippen LogP contribution in [0.3, 0.4) is 0 Å². The predicted molar refractivity (Wildman–Crippen MR) is 73.0 cm³/mol. The summed E-state index contributed by atoms with van der Waals surface area (Å²) in [6.45, 7) is 8.09. The third-order valence-corrected chi connectivity index (χ3v) is 2.59. The molecule has 1 aromatic heterocycles. The van der Waals surface area contributed by atoms with Crippen LogP contribution in [0.2, 0.25) is 0 Å². The fourth-order valence-corrected chi connectivity index (χ4v) is 1.48. The molecular weight excluding hydrogens is 244 g/mol. The summed E-state index contributed by atoms with van der Waals surface area (Å²) in [7, 11) is 0. The fraction of sp³-hybridized carbons (Fsp3) is 0.769. The average molecular weight is 268 g/mol. The Kier molecular flexibility index (Phi) is 7.10. The normalized spacial score (nSPS) is 10.9. The van der Waals surface area contributed by atoms with E-state index >= 15 is 0 Å². The number of nitrogens with one attached hydrogen (secondary N) is 2. The molecule has 0 unspecified atom stereocenters. The van der Waals surface area contributed by atoms with Crippen LogP contribution in [0.25, 0.3) is 0 Å². The van der Waals surface area contributed by atoms with Crippen LogP contribution in [-0.2, 0) is 11.2 Å². The molecule has 6 heteroatoms. The molecular formula is C13H24N4O2. The van der Waals surface area contributed by atoms with Gasteiger partial charge in [0.1, 0.15) is 5.82 Å². The van der Waals surface area contributed by atoms with Gasteiger partial charge >= 0.3 is 0 Å². The zero-order valence-corrected chi connectivity index (χ0v) is 12.0. The van der Waals surface area contributed by atoms with Crippen molar-refractivity contribution in [3.63, 3.8) is 0 Å². The Balaban J connectivity index is 2.16. The minimum absolute atomic E-state index is 0.200. The Morgan fingerprint density at radius 1 is 1.42 bits per heavy atom. The SMILES string of the molecule is CCCc1nc(C(=O)NCCOCCC(C)C)n[nH]1. The van der Waals surface area contributed by atoms with Crippen LogP contribution in [0.15, 0.2) is 0 Å². The van der Waals surface area contributed by atoms with Gasteiger partial charge in [0.15, 0.2) is 0 Å². The van der Waals surface area contributed by atoms with Crippen molar-refractivity contribution in [3.8, 4) is 0 Å². The van der Waals surface area contributed by atoms with E-state index in [4.69, 9.17) is 4.74 Å². The molecule has 1 heterocycles. The number of aryl methyl sites for hydroxylation is 1. The second-order valence-corrected chi connectivity index (χ2v) is 4.91. The molecule has 0 radical (unpaired) electrons. The number of hydrogen-bond donors (Lipinski definition) is 2. The first kappa shape index (κ1) is 15.6. The standard InChI is InChI=1S/C13H24N4O2/c1-4-5-11-15-12(17-16-11)13(18)14-7-9-19-8-6-10(2)3/h10H,4-9H2,1-3H3,(H,14,18)(H,15,16,17). The molecule has 0 aliphatic rings. The number of rotatable bonds is 9. The zero-order valence-electron chi connectivity index (χ0n) is 12.0. The molecule has 1 aromatic rings. The first-order valence-corrected chi connectivity index (χ1v) is 6.90. The van der Waals surface area contributed by atoms with Crippen LogP contribution in [0.5, 0.6) is 0 Å². The van der Waals surface area contributed by atoms with Crippen molar-refractivity contribution in [1.29, 1.82) is 0 Å². The summed E-state index contributed by atoms with van der Waals surface area (Å²) in [6.07, 6.45) is 2.81. The molecule has 0 saturated carbocycles. The molecule has 2 N–H and O–H groups in total. The lowest BCUT2D eigenvalue weighted by atomic mass is 10.1. The van der Waals surface area contributed by atoms with Gasteiger partial charge < -0.3 is 10.1 Å². The van der Waals surface area contributed by atoms with E-state index < -0.39 is 0 Å². The van der Waals surface area contributed by atoms with Crippen molar-refractivity contribution in [1.82, 2.24) is 20.5 Å². The highest BCUT2D eigenvalue weighted by Gasteiger charge is 2.11. The maximum absolute atomic E-state index is 11.7. The second kappa shape index (κ2) is 8.63.